The van der Waals surface area contributed by atoms with E-state index in [-0.39, 0.29) is 5.91 Å². The number of hydrogen-bond donors (Lipinski definition) is 2. The molecule has 0 heterocycles. The number of carbonyl (C=O) groups is 1. The standard InChI is InChI=1S/C16H22N2OS/c1-2-16(8-3-9-16)11-18-14(19)10-12-4-6-13(7-5-12)15(17)20/h4-7H,2-3,8-11H2,1H3,(H2,17,20)(H,18,19). The van der Waals surface area contributed by atoms with Crippen molar-refractivity contribution in [3.8, 4) is 0 Å². The number of rotatable bonds is 6. The fourth-order valence-corrected chi connectivity index (χ4v) is 2.79. The fraction of sp³-hybridized carbons (Fsp3) is 0.500. The number of nitrogens with two attached hydrogens (primary N) is 1. The second-order valence-corrected chi connectivity index (χ2v) is 6.16. The number of hydrogen-bond acceptors (Lipinski definition) is 2. The van der Waals surface area contributed by atoms with Gasteiger partial charge in [0.15, 0.2) is 0 Å². The van der Waals surface area contributed by atoms with Gasteiger partial charge in [0.25, 0.3) is 0 Å². The first kappa shape index (κ1) is 15.0. The van der Waals surface area contributed by atoms with Gasteiger partial charge < -0.3 is 11.1 Å². The van der Waals surface area contributed by atoms with E-state index in [1.165, 1.54) is 19.3 Å². The molecule has 4 heteroatoms. The highest BCUT2D eigenvalue weighted by atomic mass is 32.1. The van der Waals surface area contributed by atoms with Crippen LogP contribution >= 0.6 is 12.2 Å². The second kappa shape index (κ2) is 6.35. The maximum Gasteiger partial charge on any atom is 0.224 e. The Morgan fingerprint density at radius 2 is 2.00 bits per heavy atom. The van der Waals surface area contributed by atoms with Crippen molar-refractivity contribution in [2.75, 3.05) is 6.54 Å². The van der Waals surface area contributed by atoms with Gasteiger partial charge in [-0.05, 0) is 30.2 Å². The monoisotopic (exact) mass is 290 g/mol. The van der Waals surface area contributed by atoms with E-state index >= 15 is 0 Å². The lowest BCUT2D eigenvalue weighted by Gasteiger charge is -2.41. The Hall–Kier alpha value is -1.42. The number of benzene rings is 1. The quantitative estimate of drug-likeness (QED) is 0.792. The molecule has 0 bridgehead atoms. The van der Waals surface area contributed by atoms with Crippen LogP contribution in [0.15, 0.2) is 24.3 Å². The summed E-state index contributed by atoms with van der Waals surface area (Å²) in [6.07, 6.45) is 5.34. The molecule has 3 nitrogen and oxygen atoms in total. The summed E-state index contributed by atoms with van der Waals surface area (Å²) in [5, 5.41) is 3.07. The van der Waals surface area contributed by atoms with Gasteiger partial charge >= 0.3 is 0 Å². The summed E-state index contributed by atoms with van der Waals surface area (Å²) >= 11 is 4.91. The molecule has 20 heavy (non-hydrogen) atoms. The predicted octanol–water partition coefficient (Wildman–Crippen LogP) is 2.56. The Bertz CT molecular complexity index is 486. The molecule has 3 N–H and O–H groups in total. The minimum absolute atomic E-state index is 0.0906. The molecule has 0 spiro atoms. The number of carbonyl (C=O) groups excluding carboxylic acids is 1. The Morgan fingerprint density at radius 1 is 1.35 bits per heavy atom. The first-order valence-electron chi connectivity index (χ1n) is 7.20. The van der Waals surface area contributed by atoms with Crippen LogP contribution in [0.2, 0.25) is 0 Å². The smallest absolute Gasteiger partial charge is 0.224 e. The van der Waals surface area contributed by atoms with Gasteiger partial charge in [-0.3, -0.25) is 4.79 Å². The lowest BCUT2D eigenvalue weighted by atomic mass is 9.67. The van der Waals surface area contributed by atoms with E-state index in [2.05, 4.69) is 12.2 Å². The van der Waals surface area contributed by atoms with Gasteiger partial charge in [0.05, 0.1) is 6.42 Å². The molecule has 108 valence electrons. The molecule has 0 atom stereocenters. The fourth-order valence-electron chi connectivity index (χ4n) is 2.65. The van der Waals surface area contributed by atoms with Crippen LogP contribution in [0.5, 0.6) is 0 Å². The molecule has 1 fully saturated rings. The van der Waals surface area contributed by atoms with Gasteiger partial charge in [-0.25, -0.2) is 0 Å². The molecule has 0 aromatic heterocycles. The molecular formula is C16H22N2OS. The summed E-state index contributed by atoms with van der Waals surface area (Å²) in [5.41, 5.74) is 7.74. The van der Waals surface area contributed by atoms with E-state index in [9.17, 15) is 4.79 Å². The van der Waals surface area contributed by atoms with Crippen LogP contribution < -0.4 is 11.1 Å². The summed E-state index contributed by atoms with van der Waals surface area (Å²) in [6, 6.07) is 7.55. The minimum Gasteiger partial charge on any atom is -0.389 e. The average molecular weight is 290 g/mol. The Labute approximate surface area is 125 Å². The van der Waals surface area contributed by atoms with Crippen molar-refractivity contribution in [2.24, 2.45) is 11.1 Å². The average Bonchev–Trinajstić information content (AvgIpc) is 2.38. The van der Waals surface area contributed by atoms with Crippen LogP contribution in [0, 0.1) is 5.41 Å². The second-order valence-electron chi connectivity index (χ2n) is 5.72. The summed E-state index contributed by atoms with van der Waals surface area (Å²) in [7, 11) is 0. The van der Waals surface area contributed by atoms with Gasteiger partial charge in [-0.2, -0.15) is 0 Å². The van der Waals surface area contributed by atoms with E-state index in [4.69, 9.17) is 18.0 Å². The highest BCUT2D eigenvalue weighted by Gasteiger charge is 2.35. The van der Waals surface area contributed by atoms with Crippen LogP contribution in [0.3, 0.4) is 0 Å². The minimum atomic E-state index is 0.0906. The third-order valence-corrected chi connectivity index (χ3v) is 4.66. The molecule has 1 aliphatic carbocycles. The van der Waals surface area contributed by atoms with Crippen LogP contribution in [-0.4, -0.2) is 17.4 Å². The van der Waals surface area contributed by atoms with E-state index in [0.29, 0.717) is 16.8 Å². The molecule has 1 aromatic rings. The maximum absolute atomic E-state index is 12.0. The van der Waals surface area contributed by atoms with Gasteiger partial charge in [0.1, 0.15) is 4.99 Å². The molecule has 1 saturated carbocycles. The zero-order chi connectivity index (χ0) is 14.6. The van der Waals surface area contributed by atoms with E-state index < -0.39 is 0 Å². The van der Waals surface area contributed by atoms with E-state index in [0.717, 1.165) is 24.1 Å². The molecule has 0 saturated heterocycles. The number of thiocarbonyl (C=S) groups is 1. The molecule has 0 radical (unpaired) electrons. The highest BCUT2D eigenvalue weighted by molar-refractivity contribution is 7.80. The van der Waals surface area contributed by atoms with Gasteiger partial charge in [-0.15, -0.1) is 0 Å². The van der Waals surface area contributed by atoms with E-state index in [1.54, 1.807) is 0 Å². The highest BCUT2D eigenvalue weighted by Crippen LogP contribution is 2.42. The van der Waals surface area contributed by atoms with Gasteiger partial charge in [-0.1, -0.05) is 49.8 Å². The van der Waals surface area contributed by atoms with Gasteiger partial charge in [0.2, 0.25) is 5.91 Å². The Morgan fingerprint density at radius 3 is 2.45 bits per heavy atom. The van der Waals surface area contributed by atoms with Gasteiger partial charge in [0, 0.05) is 12.1 Å². The van der Waals surface area contributed by atoms with Crippen molar-refractivity contribution < 1.29 is 4.79 Å². The van der Waals surface area contributed by atoms with Crippen molar-refractivity contribution >= 4 is 23.1 Å². The molecule has 1 aliphatic rings. The Kier molecular flexibility index (Phi) is 4.76. The number of amides is 1. The maximum atomic E-state index is 12.0. The first-order valence-corrected chi connectivity index (χ1v) is 7.61. The van der Waals surface area contributed by atoms with Crippen molar-refractivity contribution in [3.63, 3.8) is 0 Å². The van der Waals surface area contributed by atoms with Crippen LogP contribution in [-0.2, 0) is 11.2 Å². The summed E-state index contributed by atoms with van der Waals surface area (Å²) in [5.74, 6) is 0.0906. The normalized spacial score (nSPS) is 16.2. The largest absolute Gasteiger partial charge is 0.389 e. The lowest BCUT2D eigenvalue weighted by Crippen LogP contribution is -2.42. The lowest BCUT2D eigenvalue weighted by molar-refractivity contribution is -0.121. The molecule has 0 aliphatic heterocycles. The van der Waals surface area contributed by atoms with Crippen LogP contribution in [0.4, 0.5) is 0 Å². The molecule has 1 aromatic carbocycles. The Balaban J connectivity index is 1.83. The molecule has 0 unspecified atom stereocenters. The zero-order valence-electron chi connectivity index (χ0n) is 11.9. The summed E-state index contributed by atoms with van der Waals surface area (Å²) in [4.78, 5) is 12.4. The van der Waals surface area contributed by atoms with Crippen molar-refractivity contribution in [3.05, 3.63) is 35.4 Å². The molecule has 1 amide bonds. The zero-order valence-corrected chi connectivity index (χ0v) is 12.8. The third kappa shape index (κ3) is 3.57. The predicted molar refractivity (Wildman–Crippen MR) is 85.6 cm³/mol. The van der Waals surface area contributed by atoms with Crippen LogP contribution in [0.1, 0.15) is 43.7 Å². The third-order valence-electron chi connectivity index (χ3n) is 4.43. The summed E-state index contributed by atoms with van der Waals surface area (Å²) in [6.45, 7) is 3.02. The van der Waals surface area contributed by atoms with E-state index in [1.807, 2.05) is 24.3 Å². The van der Waals surface area contributed by atoms with Crippen molar-refractivity contribution in [2.45, 2.75) is 39.0 Å². The topological polar surface area (TPSA) is 55.1 Å². The SMILES string of the molecule is CCC1(CNC(=O)Cc2ccc(C(N)=S)cc2)CCC1. The molecular weight excluding hydrogens is 268 g/mol. The van der Waals surface area contributed by atoms with Crippen LogP contribution in [0.25, 0.3) is 0 Å². The summed E-state index contributed by atoms with van der Waals surface area (Å²) < 4.78 is 0. The van der Waals surface area contributed by atoms with Crippen molar-refractivity contribution in [1.82, 2.24) is 5.32 Å². The van der Waals surface area contributed by atoms with Crippen molar-refractivity contribution in [1.29, 1.82) is 0 Å². The first-order chi connectivity index (χ1) is 9.54. The number of nitrogens with one attached hydrogen (secondary N) is 1. The molecule has 2 rings (SSSR count).